The van der Waals surface area contributed by atoms with E-state index in [-0.39, 0.29) is 29.2 Å². The number of halogens is 2. The van der Waals surface area contributed by atoms with E-state index in [2.05, 4.69) is 43.1 Å². The Kier molecular flexibility index (Phi) is 8.38. The number of carbonyl (C=O) groups excluding carboxylic acids is 1. The molecule has 0 radical (unpaired) electrons. The van der Waals surface area contributed by atoms with Crippen LogP contribution in [0.1, 0.15) is 54.0 Å². The first-order valence-corrected chi connectivity index (χ1v) is 13.1. The van der Waals surface area contributed by atoms with Crippen molar-refractivity contribution in [3.05, 3.63) is 58.1 Å². The molecule has 1 heterocycles. The summed E-state index contributed by atoms with van der Waals surface area (Å²) in [5.41, 5.74) is 2.85. The van der Waals surface area contributed by atoms with Gasteiger partial charge >= 0.3 is 0 Å². The molecule has 3 aromatic rings. The highest BCUT2D eigenvalue weighted by molar-refractivity contribution is 7.99. The maximum absolute atomic E-state index is 13.0. The van der Waals surface area contributed by atoms with Crippen molar-refractivity contribution in [3.8, 4) is 17.1 Å². The zero-order valence-corrected chi connectivity index (χ0v) is 23.1. The summed E-state index contributed by atoms with van der Waals surface area (Å²) in [6, 6.07) is 14.0. The van der Waals surface area contributed by atoms with E-state index >= 15 is 0 Å². The molecule has 8 heteroatoms. The molecule has 0 saturated heterocycles. The van der Waals surface area contributed by atoms with E-state index in [9.17, 15) is 4.79 Å². The first kappa shape index (κ1) is 26.6. The van der Waals surface area contributed by atoms with Gasteiger partial charge in [0.15, 0.2) is 11.0 Å². The topological polar surface area (TPSA) is 51.0 Å². The van der Waals surface area contributed by atoms with Gasteiger partial charge in [-0.05, 0) is 50.8 Å². The summed E-state index contributed by atoms with van der Waals surface area (Å²) in [5.74, 6) is 0.942. The highest BCUT2D eigenvalue weighted by Crippen LogP contribution is 2.35. The Bertz CT molecular complexity index is 1140. The van der Waals surface area contributed by atoms with Gasteiger partial charge in [-0.1, -0.05) is 86.1 Å². The van der Waals surface area contributed by atoms with Crippen molar-refractivity contribution in [2.75, 3.05) is 5.75 Å². The van der Waals surface area contributed by atoms with Crippen molar-refractivity contribution in [1.82, 2.24) is 19.7 Å². The molecular formula is C26H32Cl2N4OS. The van der Waals surface area contributed by atoms with Crippen LogP contribution in [0.2, 0.25) is 10.0 Å². The summed E-state index contributed by atoms with van der Waals surface area (Å²) in [5, 5.41) is 10.4. The van der Waals surface area contributed by atoms with Crippen LogP contribution < -0.4 is 0 Å². The Balaban J connectivity index is 2.04. The molecule has 5 nitrogen and oxygen atoms in total. The van der Waals surface area contributed by atoms with Crippen LogP contribution in [0, 0.1) is 0 Å². The number of thioether (sulfide) groups is 1. The molecule has 0 unspecified atom stereocenters. The average molecular weight is 520 g/mol. The lowest BCUT2D eigenvalue weighted by molar-refractivity contribution is -0.131. The molecule has 0 saturated carbocycles. The van der Waals surface area contributed by atoms with Gasteiger partial charge in [-0.25, -0.2) is 0 Å². The van der Waals surface area contributed by atoms with Gasteiger partial charge in [-0.15, -0.1) is 10.2 Å². The summed E-state index contributed by atoms with van der Waals surface area (Å²) in [7, 11) is 0. The Hall–Kier alpha value is -2.02. The molecule has 1 aromatic heterocycles. The Labute approximate surface area is 216 Å². The van der Waals surface area contributed by atoms with E-state index < -0.39 is 0 Å². The highest BCUT2D eigenvalue weighted by atomic mass is 35.5. The van der Waals surface area contributed by atoms with Crippen molar-refractivity contribution in [3.63, 3.8) is 0 Å². The molecule has 182 valence electrons. The van der Waals surface area contributed by atoms with Crippen molar-refractivity contribution in [2.24, 2.45) is 0 Å². The fourth-order valence-corrected chi connectivity index (χ4v) is 5.12. The molecule has 0 N–H and O–H groups in total. The van der Waals surface area contributed by atoms with Crippen LogP contribution in [0.5, 0.6) is 0 Å². The fraction of sp³-hybridized carbons (Fsp3) is 0.423. The molecule has 0 atom stereocenters. The molecule has 0 bridgehead atoms. The molecule has 3 rings (SSSR count). The van der Waals surface area contributed by atoms with Crippen LogP contribution in [0.25, 0.3) is 17.1 Å². The second-order valence-electron chi connectivity index (χ2n) is 9.82. The molecule has 0 spiro atoms. The first-order valence-electron chi connectivity index (χ1n) is 11.4. The third-order valence-electron chi connectivity index (χ3n) is 5.54. The Morgan fingerprint density at radius 1 is 1.00 bits per heavy atom. The van der Waals surface area contributed by atoms with Gasteiger partial charge in [0.1, 0.15) is 0 Å². The number of rotatable bonds is 7. The number of nitrogens with zero attached hydrogens (tertiary/aromatic N) is 4. The number of benzene rings is 2. The normalized spacial score (nSPS) is 12.0. The van der Waals surface area contributed by atoms with Crippen LogP contribution in [0.4, 0.5) is 0 Å². The molecule has 0 fully saturated rings. The lowest BCUT2D eigenvalue weighted by Crippen LogP contribution is -2.43. The van der Waals surface area contributed by atoms with Gasteiger partial charge < -0.3 is 4.90 Å². The quantitative estimate of drug-likeness (QED) is 0.308. The largest absolute Gasteiger partial charge is 0.337 e. The molecule has 0 aliphatic heterocycles. The van der Waals surface area contributed by atoms with Crippen LogP contribution in [0.3, 0.4) is 0 Å². The summed E-state index contributed by atoms with van der Waals surface area (Å²) in [6.45, 7) is 14.6. The molecule has 34 heavy (non-hydrogen) atoms. The summed E-state index contributed by atoms with van der Waals surface area (Å²) in [4.78, 5) is 14.9. The van der Waals surface area contributed by atoms with Crippen molar-refractivity contribution in [1.29, 1.82) is 0 Å². The number of amides is 1. The van der Waals surface area contributed by atoms with Gasteiger partial charge in [0.25, 0.3) is 0 Å². The second-order valence-corrected chi connectivity index (χ2v) is 11.5. The first-order chi connectivity index (χ1) is 15.9. The van der Waals surface area contributed by atoms with Crippen molar-refractivity contribution in [2.45, 2.75) is 71.1 Å². The molecule has 0 aliphatic carbocycles. The minimum Gasteiger partial charge on any atom is -0.337 e. The summed E-state index contributed by atoms with van der Waals surface area (Å²) >= 11 is 14.3. The monoisotopic (exact) mass is 518 g/mol. The predicted octanol–water partition coefficient (Wildman–Crippen LogP) is 7.28. The van der Waals surface area contributed by atoms with Gasteiger partial charge in [0, 0.05) is 17.6 Å². The number of aromatic nitrogens is 3. The highest BCUT2D eigenvalue weighted by Gasteiger charge is 2.24. The number of hydrogen-bond donors (Lipinski definition) is 0. The maximum atomic E-state index is 13.0. The second kappa shape index (κ2) is 10.7. The van der Waals surface area contributed by atoms with Crippen LogP contribution in [-0.2, 0) is 10.2 Å². The van der Waals surface area contributed by atoms with Gasteiger partial charge in [-0.2, -0.15) is 0 Å². The molecule has 2 aromatic carbocycles. The van der Waals surface area contributed by atoms with E-state index in [0.717, 1.165) is 5.56 Å². The molecule has 1 amide bonds. The van der Waals surface area contributed by atoms with E-state index in [1.165, 1.54) is 17.3 Å². The van der Waals surface area contributed by atoms with Gasteiger partial charge in [0.2, 0.25) is 5.91 Å². The SMILES string of the molecule is CC(C)N(C(=O)CSc1nnc(-c2ccc(C(C)(C)C)cc2)n1-c1cccc(Cl)c1Cl)C(C)C. The number of hydrogen-bond acceptors (Lipinski definition) is 4. The zero-order chi connectivity index (χ0) is 25.2. The number of carbonyl (C=O) groups is 1. The summed E-state index contributed by atoms with van der Waals surface area (Å²) in [6.07, 6.45) is 0. The molecular weight excluding hydrogens is 487 g/mol. The van der Waals surface area contributed by atoms with Gasteiger partial charge in [-0.3, -0.25) is 9.36 Å². The Morgan fingerprint density at radius 3 is 2.18 bits per heavy atom. The van der Waals surface area contributed by atoms with Crippen LogP contribution in [0.15, 0.2) is 47.6 Å². The van der Waals surface area contributed by atoms with E-state index in [0.29, 0.717) is 26.7 Å². The summed E-state index contributed by atoms with van der Waals surface area (Å²) < 4.78 is 1.88. The van der Waals surface area contributed by atoms with Crippen molar-refractivity contribution >= 4 is 40.9 Å². The van der Waals surface area contributed by atoms with E-state index in [1.807, 2.05) is 61.4 Å². The standard InChI is InChI=1S/C26H32Cl2N4OS/c1-16(2)31(17(3)4)22(33)15-34-25-30-29-24(18-11-13-19(14-12-18)26(5,6)7)32(25)21-10-8-9-20(27)23(21)28/h8-14,16-17H,15H2,1-7H3. The average Bonchev–Trinajstić information content (AvgIpc) is 3.17. The lowest BCUT2D eigenvalue weighted by Gasteiger charge is -2.30. The Morgan fingerprint density at radius 2 is 1.62 bits per heavy atom. The third kappa shape index (κ3) is 5.78. The van der Waals surface area contributed by atoms with Crippen LogP contribution >= 0.6 is 35.0 Å². The minimum atomic E-state index is 0.0442. The third-order valence-corrected chi connectivity index (χ3v) is 7.26. The smallest absolute Gasteiger partial charge is 0.233 e. The zero-order valence-electron chi connectivity index (χ0n) is 20.8. The molecule has 0 aliphatic rings. The predicted molar refractivity (Wildman–Crippen MR) is 143 cm³/mol. The van der Waals surface area contributed by atoms with Crippen molar-refractivity contribution < 1.29 is 4.79 Å². The minimum absolute atomic E-state index is 0.0442. The fourth-order valence-electron chi connectivity index (χ4n) is 3.93. The van der Waals surface area contributed by atoms with E-state index in [1.54, 1.807) is 6.07 Å². The maximum Gasteiger partial charge on any atom is 0.233 e. The lowest BCUT2D eigenvalue weighted by atomic mass is 9.87. The van der Waals surface area contributed by atoms with E-state index in [4.69, 9.17) is 23.2 Å². The van der Waals surface area contributed by atoms with Gasteiger partial charge in [0.05, 0.1) is 21.5 Å². The van der Waals surface area contributed by atoms with Crippen LogP contribution in [-0.4, -0.2) is 43.4 Å².